The lowest BCUT2D eigenvalue weighted by Gasteiger charge is -2.33. The van der Waals surface area contributed by atoms with E-state index in [9.17, 15) is 53.5 Å². The number of hydrogen-bond donors (Lipinski definition) is 0. The van der Waals surface area contributed by atoms with Gasteiger partial charge in [-0.05, 0) is 72.0 Å². The Morgan fingerprint density at radius 1 is 0.796 bits per heavy atom. The summed E-state index contributed by atoms with van der Waals surface area (Å²) in [6, 6.07) is 3.51. The van der Waals surface area contributed by atoms with Gasteiger partial charge in [-0.25, -0.2) is 13.9 Å². The number of nitrogens with zero attached hydrogens (tertiary/aromatic N) is 7. The number of tetrazole rings is 1. The number of urea groups is 1. The summed E-state index contributed by atoms with van der Waals surface area (Å²) in [5.41, 5.74) is -3.36. The molecule has 2 aliphatic rings. The van der Waals surface area contributed by atoms with E-state index in [1.165, 1.54) is 36.2 Å². The molecule has 266 valence electrons. The number of amides is 3. The van der Waals surface area contributed by atoms with Gasteiger partial charge < -0.3 is 9.80 Å². The Balaban J connectivity index is 1.36. The van der Waals surface area contributed by atoms with Crippen LogP contribution in [-0.2, 0) is 23.3 Å². The maximum absolute atomic E-state index is 13.8. The fraction of sp³-hybridized carbons (Fsp3) is 0.500. The van der Waals surface area contributed by atoms with Crippen molar-refractivity contribution in [3.63, 3.8) is 0 Å². The monoisotopic (exact) mass is 709 g/mol. The van der Waals surface area contributed by atoms with Crippen LogP contribution in [0.15, 0.2) is 42.5 Å². The fourth-order valence-electron chi connectivity index (χ4n) is 6.47. The number of hydrogen-bond acceptors (Lipinski definition) is 5. The van der Waals surface area contributed by atoms with Crippen LogP contribution < -0.4 is 4.90 Å². The number of anilines is 1. The van der Waals surface area contributed by atoms with Crippen LogP contribution in [0, 0.1) is 11.7 Å². The van der Waals surface area contributed by atoms with Gasteiger partial charge in [0.25, 0.3) is 5.82 Å². The number of carbonyl (C=O) groups excluding carboxylic acids is 2. The maximum Gasteiger partial charge on any atom is 0.453 e. The van der Waals surface area contributed by atoms with Gasteiger partial charge in [0, 0.05) is 44.7 Å². The van der Waals surface area contributed by atoms with E-state index in [0.29, 0.717) is 27.3 Å². The average Bonchev–Trinajstić information content (AvgIpc) is 3.72. The molecule has 3 amide bonds. The summed E-state index contributed by atoms with van der Waals surface area (Å²) in [6.07, 6.45) is -14.3. The molecule has 1 aliphatic carbocycles. The van der Waals surface area contributed by atoms with Crippen molar-refractivity contribution in [2.45, 2.75) is 62.2 Å². The van der Waals surface area contributed by atoms with Crippen molar-refractivity contribution in [1.29, 1.82) is 0 Å². The SMILES string of the molecule is CN(C(=O)N(C)C1CN(C(=O)C2CCC(n3nnnc3C(F)(F)F)CC2)CC1c1ccc(F)cc1)c1cc(C(F)(F)F)cc(C(F)(F)F)c1. The van der Waals surface area contributed by atoms with Gasteiger partial charge in [-0.3, -0.25) is 9.69 Å². The van der Waals surface area contributed by atoms with Gasteiger partial charge in [0.1, 0.15) is 5.82 Å². The highest BCUT2D eigenvalue weighted by molar-refractivity contribution is 5.92. The highest BCUT2D eigenvalue weighted by Crippen LogP contribution is 2.41. The summed E-state index contributed by atoms with van der Waals surface area (Å²) >= 11 is 0. The number of alkyl halides is 9. The summed E-state index contributed by atoms with van der Waals surface area (Å²) < 4.78 is 135. The van der Waals surface area contributed by atoms with Gasteiger partial charge >= 0.3 is 24.6 Å². The molecule has 3 aromatic rings. The number of benzene rings is 2. The topological polar surface area (TPSA) is 87.5 Å². The van der Waals surface area contributed by atoms with E-state index < -0.39 is 76.9 Å². The van der Waals surface area contributed by atoms with E-state index in [0.717, 1.165) is 11.9 Å². The number of aromatic nitrogens is 4. The van der Waals surface area contributed by atoms with Crippen molar-refractivity contribution in [3.8, 4) is 0 Å². The molecule has 1 saturated carbocycles. The Morgan fingerprint density at radius 3 is 1.90 bits per heavy atom. The number of rotatable bonds is 5. The quantitative estimate of drug-likeness (QED) is 0.273. The van der Waals surface area contributed by atoms with Crippen LogP contribution in [-0.4, -0.2) is 75.2 Å². The van der Waals surface area contributed by atoms with E-state index in [1.54, 1.807) is 0 Å². The minimum Gasteiger partial charge on any atom is -0.340 e. The molecule has 5 rings (SSSR count). The van der Waals surface area contributed by atoms with Crippen LogP contribution in [0.25, 0.3) is 0 Å². The first-order chi connectivity index (χ1) is 22.8. The van der Waals surface area contributed by atoms with Crippen molar-refractivity contribution in [1.82, 2.24) is 30.0 Å². The predicted molar refractivity (Wildman–Crippen MR) is 151 cm³/mol. The third-order valence-electron chi connectivity index (χ3n) is 9.08. The Bertz CT molecular complexity index is 1630. The molecule has 0 radical (unpaired) electrons. The van der Waals surface area contributed by atoms with Gasteiger partial charge in [-0.2, -0.15) is 39.5 Å². The van der Waals surface area contributed by atoms with Crippen LogP contribution >= 0.6 is 0 Å². The number of halogens is 10. The van der Waals surface area contributed by atoms with E-state index in [4.69, 9.17) is 0 Å². The van der Waals surface area contributed by atoms with Crippen molar-refractivity contribution in [2.24, 2.45) is 5.92 Å². The second kappa shape index (κ2) is 13.1. The molecule has 0 bridgehead atoms. The first-order valence-corrected chi connectivity index (χ1v) is 14.9. The van der Waals surface area contributed by atoms with E-state index in [1.807, 2.05) is 0 Å². The zero-order valence-electron chi connectivity index (χ0n) is 25.8. The molecule has 2 aromatic carbocycles. The third-order valence-corrected chi connectivity index (χ3v) is 9.08. The summed E-state index contributed by atoms with van der Waals surface area (Å²) in [5, 5.41) is 9.68. The molecule has 2 fully saturated rings. The van der Waals surface area contributed by atoms with Gasteiger partial charge in [-0.1, -0.05) is 12.1 Å². The van der Waals surface area contributed by atoms with Crippen molar-refractivity contribution >= 4 is 17.6 Å². The van der Waals surface area contributed by atoms with Crippen molar-refractivity contribution in [2.75, 3.05) is 32.1 Å². The number of carbonyl (C=O) groups is 2. The maximum atomic E-state index is 13.8. The first-order valence-electron chi connectivity index (χ1n) is 14.9. The summed E-state index contributed by atoms with van der Waals surface area (Å²) in [6.45, 7) is -0.0537. The van der Waals surface area contributed by atoms with E-state index in [2.05, 4.69) is 15.5 Å². The normalized spacial score (nSPS) is 21.9. The lowest BCUT2D eigenvalue weighted by Crippen LogP contribution is -2.48. The summed E-state index contributed by atoms with van der Waals surface area (Å²) in [7, 11) is 2.31. The lowest BCUT2D eigenvalue weighted by molar-refractivity contribution is -0.149. The highest BCUT2D eigenvalue weighted by atomic mass is 19.4. The van der Waals surface area contributed by atoms with E-state index >= 15 is 0 Å². The second-order valence-electron chi connectivity index (χ2n) is 12.1. The molecule has 1 saturated heterocycles. The highest BCUT2D eigenvalue weighted by Gasteiger charge is 2.45. The molecule has 0 N–H and O–H groups in total. The first kappa shape index (κ1) is 35.8. The summed E-state index contributed by atoms with van der Waals surface area (Å²) in [5.74, 6) is -3.38. The van der Waals surface area contributed by atoms with Gasteiger partial charge in [-0.15, -0.1) is 5.10 Å². The van der Waals surface area contributed by atoms with Crippen LogP contribution in [0.5, 0.6) is 0 Å². The van der Waals surface area contributed by atoms with Crippen LogP contribution in [0.3, 0.4) is 0 Å². The molecule has 1 aromatic heterocycles. The Labute approximate surface area is 272 Å². The molecule has 1 aliphatic heterocycles. The Hall–Kier alpha value is -4.45. The molecule has 2 heterocycles. The standard InChI is InChI=1S/C30H29F10N7O2/c1-44(22-12-18(28(32,33)34)11-19(13-22)29(35,36)37)27(49)45(2)24-15-46(14-23(24)16-3-7-20(31)8-4-16)25(48)17-5-9-21(10-6-17)47-26(30(38,39)40)41-42-43-47/h3-4,7-8,11-13,17,21,23-24H,5-6,9-10,14-15H2,1-2H3. The second-order valence-corrected chi connectivity index (χ2v) is 12.1. The van der Waals surface area contributed by atoms with Crippen LogP contribution in [0.2, 0.25) is 0 Å². The Morgan fingerprint density at radius 2 is 1.37 bits per heavy atom. The fourth-order valence-corrected chi connectivity index (χ4v) is 6.47. The molecule has 19 heteroatoms. The molecule has 2 atom stereocenters. The molecular formula is C30H29F10N7O2. The van der Waals surface area contributed by atoms with E-state index in [-0.39, 0.29) is 50.7 Å². The van der Waals surface area contributed by atoms with Crippen molar-refractivity contribution in [3.05, 3.63) is 70.8 Å². The smallest absolute Gasteiger partial charge is 0.340 e. The van der Waals surface area contributed by atoms with Gasteiger partial charge in [0.15, 0.2) is 0 Å². The molecule has 9 nitrogen and oxygen atoms in total. The molecule has 49 heavy (non-hydrogen) atoms. The zero-order valence-corrected chi connectivity index (χ0v) is 25.8. The number of likely N-dealkylation sites (N-methyl/N-ethyl adjacent to an activating group) is 1. The third kappa shape index (κ3) is 7.59. The van der Waals surface area contributed by atoms with Crippen LogP contribution in [0.1, 0.15) is 60.2 Å². The zero-order chi connectivity index (χ0) is 36.1. The van der Waals surface area contributed by atoms with Crippen LogP contribution in [0.4, 0.5) is 54.4 Å². The lowest BCUT2D eigenvalue weighted by atomic mass is 9.85. The molecule has 2 unspecified atom stereocenters. The minimum absolute atomic E-state index is 0.0311. The summed E-state index contributed by atoms with van der Waals surface area (Å²) in [4.78, 5) is 30.6. The van der Waals surface area contributed by atoms with Gasteiger partial charge in [0.2, 0.25) is 5.91 Å². The largest absolute Gasteiger partial charge is 0.453 e. The number of likely N-dealkylation sites (tertiary alicyclic amines) is 1. The average molecular weight is 710 g/mol. The molecule has 0 spiro atoms. The van der Waals surface area contributed by atoms with Crippen molar-refractivity contribution < 1.29 is 53.5 Å². The van der Waals surface area contributed by atoms with Gasteiger partial charge in [0.05, 0.1) is 23.2 Å². The Kier molecular flexibility index (Phi) is 9.59. The predicted octanol–water partition coefficient (Wildman–Crippen LogP) is 6.78. The molecular weight excluding hydrogens is 680 g/mol. The minimum atomic E-state index is -5.14.